The van der Waals surface area contributed by atoms with Gasteiger partial charge in [-0.2, -0.15) is 0 Å². The van der Waals surface area contributed by atoms with Gasteiger partial charge in [-0.05, 0) is 30.7 Å². The van der Waals surface area contributed by atoms with Crippen molar-refractivity contribution in [1.82, 2.24) is 5.32 Å². The van der Waals surface area contributed by atoms with E-state index < -0.39 is 6.09 Å². The minimum Gasteiger partial charge on any atom is -0.410 e. The van der Waals surface area contributed by atoms with Crippen molar-refractivity contribution in [2.24, 2.45) is 0 Å². The van der Waals surface area contributed by atoms with Crippen molar-refractivity contribution >= 4 is 11.8 Å². The highest BCUT2D eigenvalue weighted by atomic mass is 16.5. The molecule has 0 fully saturated rings. The van der Waals surface area contributed by atoms with Crippen LogP contribution in [0.25, 0.3) is 0 Å². The van der Waals surface area contributed by atoms with Crippen LogP contribution in [0.15, 0.2) is 24.3 Å². The average Bonchev–Trinajstić information content (AvgIpc) is 2.22. The number of hydrogen-bond donors (Lipinski definition) is 2. The Balaban J connectivity index is 2.34. The number of benzene rings is 1. The molecule has 0 radical (unpaired) electrons. The number of unbranched alkanes of at least 4 members (excludes halogenated alkanes) is 1. The second kappa shape index (κ2) is 5.90. The molecule has 0 saturated heterocycles. The van der Waals surface area contributed by atoms with Crippen molar-refractivity contribution in [2.45, 2.75) is 19.8 Å². The van der Waals surface area contributed by atoms with Crippen LogP contribution < -0.4 is 15.8 Å². The lowest BCUT2D eigenvalue weighted by molar-refractivity contribution is 0.200. The summed E-state index contributed by atoms with van der Waals surface area (Å²) in [6.07, 6.45) is 1.58. The Morgan fingerprint density at radius 3 is 2.67 bits per heavy atom. The Morgan fingerprint density at radius 1 is 1.40 bits per heavy atom. The summed E-state index contributed by atoms with van der Waals surface area (Å²) in [6.45, 7) is 2.71. The second-order valence-corrected chi connectivity index (χ2v) is 3.24. The van der Waals surface area contributed by atoms with E-state index in [0.717, 1.165) is 12.8 Å². The lowest BCUT2D eigenvalue weighted by Gasteiger charge is -2.05. The van der Waals surface area contributed by atoms with Crippen molar-refractivity contribution in [3.63, 3.8) is 0 Å². The number of nitrogens with one attached hydrogen (secondary N) is 1. The summed E-state index contributed by atoms with van der Waals surface area (Å²) in [5, 5.41) is 2.65. The van der Waals surface area contributed by atoms with Crippen molar-refractivity contribution in [3.8, 4) is 5.75 Å². The molecular weight excluding hydrogens is 192 g/mol. The normalized spacial score (nSPS) is 9.67. The first-order valence-electron chi connectivity index (χ1n) is 5.03. The van der Waals surface area contributed by atoms with Crippen molar-refractivity contribution in [1.29, 1.82) is 0 Å². The van der Waals surface area contributed by atoms with E-state index in [1.807, 2.05) is 0 Å². The summed E-state index contributed by atoms with van der Waals surface area (Å²) in [4.78, 5) is 11.2. The van der Waals surface area contributed by atoms with Crippen LogP contribution in [0.5, 0.6) is 5.75 Å². The number of amides is 1. The van der Waals surface area contributed by atoms with Crippen LogP contribution in [0.2, 0.25) is 0 Å². The van der Waals surface area contributed by atoms with Crippen molar-refractivity contribution in [2.75, 3.05) is 12.3 Å². The van der Waals surface area contributed by atoms with Crippen LogP contribution in [0.3, 0.4) is 0 Å². The zero-order valence-corrected chi connectivity index (χ0v) is 8.82. The third-order valence-electron chi connectivity index (χ3n) is 1.89. The molecule has 1 rings (SSSR count). The average molecular weight is 208 g/mol. The van der Waals surface area contributed by atoms with Gasteiger partial charge in [-0.3, -0.25) is 0 Å². The summed E-state index contributed by atoms with van der Waals surface area (Å²) >= 11 is 0. The molecule has 1 aromatic carbocycles. The van der Waals surface area contributed by atoms with Gasteiger partial charge in [0.2, 0.25) is 0 Å². The van der Waals surface area contributed by atoms with Gasteiger partial charge in [0.15, 0.2) is 0 Å². The lowest BCUT2D eigenvalue weighted by Crippen LogP contribution is -2.27. The number of carbonyl (C=O) groups is 1. The van der Waals surface area contributed by atoms with Crippen LogP contribution >= 0.6 is 0 Å². The first-order valence-corrected chi connectivity index (χ1v) is 5.03. The Morgan fingerprint density at radius 2 is 2.07 bits per heavy atom. The maximum Gasteiger partial charge on any atom is 0.412 e. The highest BCUT2D eigenvalue weighted by Gasteiger charge is 2.02. The Hall–Kier alpha value is -1.71. The molecule has 0 bridgehead atoms. The fraction of sp³-hybridized carbons (Fsp3) is 0.364. The van der Waals surface area contributed by atoms with Crippen molar-refractivity contribution < 1.29 is 9.53 Å². The van der Waals surface area contributed by atoms with E-state index in [1.165, 1.54) is 0 Å². The molecule has 0 atom stereocenters. The number of anilines is 1. The first kappa shape index (κ1) is 11.4. The number of rotatable bonds is 4. The molecule has 4 nitrogen and oxygen atoms in total. The van der Waals surface area contributed by atoms with E-state index in [0.29, 0.717) is 18.0 Å². The van der Waals surface area contributed by atoms with Crippen molar-refractivity contribution in [3.05, 3.63) is 24.3 Å². The lowest BCUT2D eigenvalue weighted by atomic mass is 10.3. The molecule has 0 heterocycles. The zero-order chi connectivity index (χ0) is 11.1. The van der Waals surface area contributed by atoms with E-state index in [9.17, 15) is 4.79 Å². The standard InChI is InChI=1S/C11H16N2O2/c1-2-3-8-13-11(14)15-10-6-4-9(12)5-7-10/h4-7H,2-3,8,12H2,1H3,(H,13,14). The van der Waals surface area contributed by atoms with Gasteiger partial charge < -0.3 is 15.8 Å². The summed E-state index contributed by atoms with van der Waals surface area (Å²) in [5.41, 5.74) is 6.15. The zero-order valence-electron chi connectivity index (χ0n) is 8.82. The predicted molar refractivity (Wildman–Crippen MR) is 59.8 cm³/mol. The molecule has 3 N–H and O–H groups in total. The van der Waals surface area contributed by atoms with Gasteiger partial charge in [0, 0.05) is 12.2 Å². The molecule has 82 valence electrons. The van der Waals surface area contributed by atoms with E-state index in [1.54, 1.807) is 24.3 Å². The maximum atomic E-state index is 11.2. The monoisotopic (exact) mass is 208 g/mol. The minimum absolute atomic E-state index is 0.423. The maximum absolute atomic E-state index is 11.2. The first-order chi connectivity index (χ1) is 7.22. The Kier molecular flexibility index (Phi) is 4.47. The molecule has 4 heteroatoms. The van der Waals surface area contributed by atoms with Gasteiger partial charge in [-0.1, -0.05) is 13.3 Å². The fourth-order valence-electron chi connectivity index (χ4n) is 1.05. The van der Waals surface area contributed by atoms with E-state index >= 15 is 0 Å². The third kappa shape index (κ3) is 4.35. The second-order valence-electron chi connectivity index (χ2n) is 3.24. The summed E-state index contributed by atoms with van der Waals surface area (Å²) in [6, 6.07) is 6.70. The van der Waals surface area contributed by atoms with Gasteiger partial charge in [0.25, 0.3) is 0 Å². The Bertz CT molecular complexity index is 309. The van der Waals surface area contributed by atoms with Crippen LogP contribution in [0.1, 0.15) is 19.8 Å². The topological polar surface area (TPSA) is 64.3 Å². The number of nitrogens with two attached hydrogens (primary N) is 1. The van der Waals surface area contributed by atoms with E-state index in [-0.39, 0.29) is 0 Å². The van der Waals surface area contributed by atoms with Gasteiger partial charge in [-0.15, -0.1) is 0 Å². The smallest absolute Gasteiger partial charge is 0.410 e. The molecule has 1 aromatic rings. The molecule has 0 unspecified atom stereocenters. The molecule has 0 aromatic heterocycles. The molecule has 0 aliphatic rings. The summed E-state index contributed by atoms with van der Waals surface area (Å²) < 4.78 is 5.01. The summed E-state index contributed by atoms with van der Waals surface area (Å²) in [5.74, 6) is 0.498. The third-order valence-corrected chi connectivity index (χ3v) is 1.89. The SMILES string of the molecule is CCCCNC(=O)Oc1ccc(N)cc1. The molecule has 0 spiro atoms. The highest BCUT2D eigenvalue weighted by Crippen LogP contribution is 2.12. The van der Waals surface area contributed by atoms with Crippen LogP contribution in [-0.2, 0) is 0 Å². The number of ether oxygens (including phenoxy) is 1. The van der Waals surface area contributed by atoms with Gasteiger partial charge in [0.1, 0.15) is 5.75 Å². The van der Waals surface area contributed by atoms with E-state index in [2.05, 4.69) is 12.2 Å². The van der Waals surface area contributed by atoms with Gasteiger partial charge in [0.05, 0.1) is 0 Å². The molecular formula is C11H16N2O2. The quantitative estimate of drug-likeness (QED) is 0.588. The number of carbonyl (C=O) groups excluding carboxylic acids is 1. The molecule has 0 saturated carbocycles. The van der Waals surface area contributed by atoms with E-state index in [4.69, 9.17) is 10.5 Å². The predicted octanol–water partition coefficient (Wildman–Crippen LogP) is 2.16. The van der Waals surface area contributed by atoms with Crippen LogP contribution in [0.4, 0.5) is 10.5 Å². The molecule has 15 heavy (non-hydrogen) atoms. The molecule has 0 aliphatic carbocycles. The van der Waals surface area contributed by atoms with Gasteiger partial charge in [-0.25, -0.2) is 4.79 Å². The number of hydrogen-bond acceptors (Lipinski definition) is 3. The highest BCUT2D eigenvalue weighted by molar-refractivity contribution is 5.70. The fourth-order valence-corrected chi connectivity index (χ4v) is 1.05. The molecule has 1 amide bonds. The van der Waals surface area contributed by atoms with Gasteiger partial charge >= 0.3 is 6.09 Å². The number of nitrogen functional groups attached to an aromatic ring is 1. The summed E-state index contributed by atoms with van der Waals surface area (Å²) in [7, 11) is 0. The largest absolute Gasteiger partial charge is 0.412 e. The molecule has 0 aliphatic heterocycles. The minimum atomic E-state index is -0.423. The van der Waals surface area contributed by atoms with Crippen LogP contribution in [-0.4, -0.2) is 12.6 Å². The van der Waals surface area contributed by atoms with Crippen LogP contribution in [0, 0.1) is 0 Å². The Labute approximate surface area is 89.4 Å².